The van der Waals surface area contributed by atoms with Crippen LogP contribution in [0.1, 0.15) is 19.8 Å². The number of hydrogen-bond donors (Lipinski definition) is 1. The van der Waals surface area contributed by atoms with Gasteiger partial charge < -0.3 is 9.47 Å². The van der Waals surface area contributed by atoms with Gasteiger partial charge in [0.1, 0.15) is 0 Å². The van der Waals surface area contributed by atoms with Crippen molar-refractivity contribution in [2.75, 3.05) is 19.9 Å². The minimum Gasteiger partial charge on any atom is -0.353 e. The molecule has 0 spiro atoms. The summed E-state index contributed by atoms with van der Waals surface area (Å²) in [5.41, 5.74) is 0. The molecule has 1 fully saturated rings. The van der Waals surface area contributed by atoms with Crippen LogP contribution in [0.4, 0.5) is 0 Å². The van der Waals surface area contributed by atoms with Gasteiger partial charge in [0.25, 0.3) is 0 Å². The van der Waals surface area contributed by atoms with Crippen molar-refractivity contribution in [2.24, 2.45) is 0 Å². The first-order chi connectivity index (χ1) is 4.93. The number of nitrogens with one attached hydrogen (secondary N) is 1. The molecule has 0 aromatic rings. The highest BCUT2D eigenvalue weighted by molar-refractivity contribution is 4.53. The summed E-state index contributed by atoms with van der Waals surface area (Å²) in [5, 5.41) is 3.07. The van der Waals surface area contributed by atoms with Crippen LogP contribution in [-0.2, 0) is 9.47 Å². The number of ether oxygens (including phenoxy) is 2. The molecule has 3 nitrogen and oxygen atoms in total. The fourth-order valence-electron chi connectivity index (χ4n) is 0.933. The highest BCUT2D eigenvalue weighted by Crippen LogP contribution is 2.11. The lowest BCUT2D eigenvalue weighted by atomic mass is 10.4. The van der Waals surface area contributed by atoms with Crippen molar-refractivity contribution < 1.29 is 9.47 Å². The SMILES string of the molecule is CCNCOC1CCCO1. The molecule has 0 aromatic carbocycles. The first kappa shape index (κ1) is 7.98. The van der Waals surface area contributed by atoms with E-state index in [0.29, 0.717) is 6.73 Å². The molecule has 60 valence electrons. The molecule has 0 radical (unpaired) electrons. The molecule has 0 saturated carbocycles. The molecular formula is C7H15NO2. The summed E-state index contributed by atoms with van der Waals surface area (Å²) in [6.45, 7) is 4.48. The van der Waals surface area contributed by atoms with Crippen molar-refractivity contribution in [2.45, 2.75) is 26.1 Å². The molecule has 0 aliphatic carbocycles. The Hall–Kier alpha value is -0.120. The van der Waals surface area contributed by atoms with E-state index >= 15 is 0 Å². The number of hydrogen-bond acceptors (Lipinski definition) is 3. The topological polar surface area (TPSA) is 30.5 Å². The van der Waals surface area contributed by atoms with E-state index in [0.717, 1.165) is 26.0 Å². The molecule has 10 heavy (non-hydrogen) atoms. The quantitative estimate of drug-likeness (QED) is 0.466. The van der Waals surface area contributed by atoms with Gasteiger partial charge in [0.2, 0.25) is 0 Å². The van der Waals surface area contributed by atoms with Gasteiger partial charge in [0, 0.05) is 13.0 Å². The molecular weight excluding hydrogens is 130 g/mol. The molecule has 1 N–H and O–H groups in total. The molecule has 0 bridgehead atoms. The predicted octanol–water partition coefficient (Wildman–Crippen LogP) is 0.706. The zero-order chi connectivity index (χ0) is 7.23. The van der Waals surface area contributed by atoms with Gasteiger partial charge in [-0.05, 0) is 13.0 Å². The summed E-state index contributed by atoms with van der Waals surface area (Å²) in [4.78, 5) is 0. The Morgan fingerprint density at radius 2 is 2.60 bits per heavy atom. The summed E-state index contributed by atoms with van der Waals surface area (Å²) in [7, 11) is 0. The van der Waals surface area contributed by atoms with Crippen LogP contribution >= 0.6 is 0 Å². The summed E-state index contributed by atoms with van der Waals surface area (Å²) >= 11 is 0. The fraction of sp³-hybridized carbons (Fsp3) is 1.00. The lowest BCUT2D eigenvalue weighted by Gasteiger charge is -2.10. The smallest absolute Gasteiger partial charge is 0.159 e. The van der Waals surface area contributed by atoms with Crippen LogP contribution in [0, 0.1) is 0 Å². The van der Waals surface area contributed by atoms with Crippen LogP contribution in [0.5, 0.6) is 0 Å². The summed E-state index contributed by atoms with van der Waals surface area (Å²) in [6, 6.07) is 0. The van der Waals surface area contributed by atoms with Gasteiger partial charge in [-0.25, -0.2) is 0 Å². The van der Waals surface area contributed by atoms with E-state index in [-0.39, 0.29) is 6.29 Å². The van der Waals surface area contributed by atoms with Crippen molar-refractivity contribution in [1.29, 1.82) is 0 Å². The van der Waals surface area contributed by atoms with E-state index in [1.54, 1.807) is 0 Å². The molecule has 1 unspecified atom stereocenters. The third-order valence-corrected chi connectivity index (χ3v) is 1.51. The average molecular weight is 145 g/mol. The summed E-state index contributed by atoms with van der Waals surface area (Å²) in [6.07, 6.45) is 2.24. The van der Waals surface area contributed by atoms with Crippen molar-refractivity contribution in [3.63, 3.8) is 0 Å². The molecule has 0 amide bonds. The van der Waals surface area contributed by atoms with Gasteiger partial charge in [-0.1, -0.05) is 6.92 Å². The Morgan fingerprint density at radius 1 is 1.70 bits per heavy atom. The predicted molar refractivity (Wildman–Crippen MR) is 38.6 cm³/mol. The van der Waals surface area contributed by atoms with E-state index < -0.39 is 0 Å². The fourth-order valence-corrected chi connectivity index (χ4v) is 0.933. The van der Waals surface area contributed by atoms with Gasteiger partial charge in [0.05, 0.1) is 6.73 Å². The number of rotatable bonds is 4. The van der Waals surface area contributed by atoms with Crippen molar-refractivity contribution >= 4 is 0 Å². The van der Waals surface area contributed by atoms with Gasteiger partial charge in [-0.2, -0.15) is 0 Å². The third kappa shape index (κ3) is 2.64. The normalized spacial score (nSPS) is 25.5. The van der Waals surface area contributed by atoms with Gasteiger partial charge in [0.15, 0.2) is 6.29 Å². The minimum absolute atomic E-state index is 0.0547. The van der Waals surface area contributed by atoms with Crippen LogP contribution in [-0.4, -0.2) is 26.2 Å². The second-order valence-corrected chi connectivity index (χ2v) is 2.36. The van der Waals surface area contributed by atoms with E-state index in [9.17, 15) is 0 Å². The molecule has 1 heterocycles. The van der Waals surface area contributed by atoms with Gasteiger partial charge in [-0.3, -0.25) is 5.32 Å². The maximum absolute atomic E-state index is 5.31. The van der Waals surface area contributed by atoms with Crippen molar-refractivity contribution in [1.82, 2.24) is 5.32 Å². The molecule has 3 heteroatoms. The zero-order valence-corrected chi connectivity index (χ0v) is 6.43. The lowest BCUT2D eigenvalue weighted by Crippen LogP contribution is -2.22. The van der Waals surface area contributed by atoms with Gasteiger partial charge in [-0.15, -0.1) is 0 Å². The zero-order valence-electron chi connectivity index (χ0n) is 6.43. The Morgan fingerprint density at radius 3 is 3.20 bits per heavy atom. The maximum atomic E-state index is 5.31. The summed E-state index contributed by atoms with van der Waals surface area (Å²) < 4.78 is 10.5. The lowest BCUT2D eigenvalue weighted by molar-refractivity contribution is -0.115. The van der Waals surface area contributed by atoms with Crippen molar-refractivity contribution in [3.8, 4) is 0 Å². The Balaban J connectivity index is 1.91. The van der Waals surface area contributed by atoms with E-state index in [1.807, 2.05) is 0 Å². The average Bonchev–Trinajstić information content (AvgIpc) is 2.41. The second-order valence-electron chi connectivity index (χ2n) is 2.36. The first-order valence-electron chi connectivity index (χ1n) is 3.87. The van der Waals surface area contributed by atoms with Crippen LogP contribution in [0.3, 0.4) is 0 Å². The largest absolute Gasteiger partial charge is 0.353 e. The highest BCUT2D eigenvalue weighted by Gasteiger charge is 2.14. The van der Waals surface area contributed by atoms with Crippen LogP contribution < -0.4 is 5.32 Å². The third-order valence-electron chi connectivity index (χ3n) is 1.51. The molecule has 1 aliphatic heterocycles. The monoisotopic (exact) mass is 145 g/mol. The molecule has 1 aliphatic rings. The maximum Gasteiger partial charge on any atom is 0.159 e. The standard InChI is InChI=1S/C7H15NO2/c1-2-8-6-10-7-4-3-5-9-7/h7-8H,2-6H2,1H3. The Labute approximate surface area is 61.7 Å². The van der Waals surface area contributed by atoms with E-state index in [4.69, 9.17) is 9.47 Å². The van der Waals surface area contributed by atoms with Crippen LogP contribution in [0.15, 0.2) is 0 Å². The molecule has 0 aromatic heterocycles. The van der Waals surface area contributed by atoms with E-state index in [1.165, 1.54) is 0 Å². The molecule has 1 saturated heterocycles. The van der Waals surface area contributed by atoms with Gasteiger partial charge >= 0.3 is 0 Å². The highest BCUT2D eigenvalue weighted by atomic mass is 16.7. The minimum atomic E-state index is 0.0547. The van der Waals surface area contributed by atoms with E-state index in [2.05, 4.69) is 12.2 Å². The van der Waals surface area contributed by atoms with Crippen molar-refractivity contribution in [3.05, 3.63) is 0 Å². The molecule has 1 rings (SSSR count). The Bertz CT molecular complexity index is 81.7. The molecule has 1 atom stereocenters. The second kappa shape index (κ2) is 4.66. The van der Waals surface area contributed by atoms with Crippen LogP contribution in [0.2, 0.25) is 0 Å². The first-order valence-corrected chi connectivity index (χ1v) is 3.87. The Kier molecular flexibility index (Phi) is 3.72. The summed E-state index contributed by atoms with van der Waals surface area (Å²) in [5.74, 6) is 0. The van der Waals surface area contributed by atoms with Crippen LogP contribution in [0.25, 0.3) is 0 Å².